The van der Waals surface area contributed by atoms with E-state index in [4.69, 9.17) is 0 Å². The Morgan fingerprint density at radius 2 is 1.81 bits per heavy atom. The van der Waals surface area contributed by atoms with Crippen LogP contribution in [0.25, 0.3) is 0 Å². The summed E-state index contributed by atoms with van der Waals surface area (Å²) in [6.45, 7) is 5.54. The van der Waals surface area contributed by atoms with E-state index < -0.39 is 0 Å². The summed E-state index contributed by atoms with van der Waals surface area (Å²) in [6, 6.07) is 11.3. The van der Waals surface area contributed by atoms with Crippen LogP contribution in [-0.2, 0) is 11.3 Å². The topological polar surface area (TPSA) is 35.6 Å². The van der Waals surface area contributed by atoms with Crippen LogP contribution < -0.4 is 5.32 Å². The minimum absolute atomic E-state index is 0.308. The van der Waals surface area contributed by atoms with Gasteiger partial charge in [-0.05, 0) is 18.4 Å². The summed E-state index contributed by atoms with van der Waals surface area (Å²) in [4.78, 5) is 16.6. The molecule has 1 heterocycles. The summed E-state index contributed by atoms with van der Waals surface area (Å²) in [5, 5.41) is 3.41. The lowest BCUT2D eigenvalue weighted by Gasteiger charge is -2.34. The highest BCUT2D eigenvalue weighted by Gasteiger charge is 2.23. The first-order valence-corrected chi connectivity index (χ1v) is 8.09. The number of carbonyl (C=O) groups is 1. The number of benzene rings is 1. The van der Waals surface area contributed by atoms with E-state index in [-0.39, 0.29) is 0 Å². The molecule has 4 nitrogen and oxygen atoms in total. The first-order chi connectivity index (χ1) is 10.3. The van der Waals surface area contributed by atoms with E-state index in [2.05, 4.69) is 40.5 Å². The van der Waals surface area contributed by atoms with Crippen LogP contribution in [-0.4, -0.2) is 54.5 Å². The number of rotatable bonds is 6. The second kappa shape index (κ2) is 7.05. The van der Waals surface area contributed by atoms with Crippen molar-refractivity contribution >= 4 is 5.91 Å². The first kappa shape index (κ1) is 14.5. The van der Waals surface area contributed by atoms with Gasteiger partial charge >= 0.3 is 0 Å². The lowest BCUT2D eigenvalue weighted by molar-refractivity contribution is -0.132. The maximum Gasteiger partial charge on any atom is 0.223 e. The molecule has 1 saturated heterocycles. The zero-order valence-electron chi connectivity index (χ0n) is 12.6. The highest BCUT2D eigenvalue weighted by molar-refractivity contribution is 5.76. The van der Waals surface area contributed by atoms with Crippen LogP contribution in [0.3, 0.4) is 0 Å². The smallest absolute Gasteiger partial charge is 0.223 e. The van der Waals surface area contributed by atoms with Crippen molar-refractivity contribution in [1.82, 2.24) is 15.1 Å². The van der Waals surface area contributed by atoms with Crippen molar-refractivity contribution in [2.45, 2.75) is 31.8 Å². The second-order valence-corrected chi connectivity index (χ2v) is 6.12. The maximum absolute atomic E-state index is 12.1. The van der Waals surface area contributed by atoms with Crippen molar-refractivity contribution in [2.24, 2.45) is 0 Å². The maximum atomic E-state index is 12.1. The van der Waals surface area contributed by atoms with Crippen molar-refractivity contribution < 1.29 is 4.79 Å². The molecule has 0 atom stereocenters. The van der Waals surface area contributed by atoms with Gasteiger partial charge in [-0.2, -0.15) is 0 Å². The van der Waals surface area contributed by atoms with Gasteiger partial charge in [0.1, 0.15) is 0 Å². The molecule has 2 fully saturated rings. The molecule has 4 heteroatoms. The molecular weight excluding hydrogens is 262 g/mol. The lowest BCUT2D eigenvalue weighted by atomic mass is 10.2. The molecule has 1 aromatic carbocycles. The summed E-state index contributed by atoms with van der Waals surface area (Å²) in [5.74, 6) is 0.308. The van der Waals surface area contributed by atoms with E-state index in [1.54, 1.807) is 0 Å². The van der Waals surface area contributed by atoms with Gasteiger partial charge in [-0.1, -0.05) is 30.3 Å². The van der Waals surface area contributed by atoms with E-state index in [1.807, 2.05) is 4.90 Å². The number of carbonyl (C=O) groups excluding carboxylic acids is 1. The molecule has 21 heavy (non-hydrogen) atoms. The summed E-state index contributed by atoms with van der Waals surface area (Å²) in [7, 11) is 0. The molecule has 0 spiro atoms. The lowest BCUT2D eigenvalue weighted by Crippen LogP contribution is -2.48. The van der Waals surface area contributed by atoms with E-state index in [0.29, 0.717) is 18.4 Å². The molecule has 1 aliphatic carbocycles. The molecule has 3 rings (SSSR count). The quantitative estimate of drug-likeness (QED) is 0.861. The Balaban J connectivity index is 1.36. The Bertz CT molecular complexity index is 450. The highest BCUT2D eigenvalue weighted by Crippen LogP contribution is 2.18. The molecule has 0 aromatic heterocycles. The Hall–Kier alpha value is -1.39. The normalized spacial score (nSPS) is 19.7. The van der Waals surface area contributed by atoms with Crippen molar-refractivity contribution in [3.63, 3.8) is 0 Å². The van der Waals surface area contributed by atoms with Crippen LogP contribution in [0.1, 0.15) is 24.8 Å². The molecule has 1 amide bonds. The summed E-state index contributed by atoms with van der Waals surface area (Å²) in [5.41, 5.74) is 1.35. The summed E-state index contributed by atoms with van der Waals surface area (Å²) in [6.07, 6.45) is 3.22. The predicted octanol–water partition coefficient (Wildman–Crippen LogP) is 1.47. The van der Waals surface area contributed by atoms with Gasteiger partial charge < -0.3 is 10.2 Å². The fourth-order valence-electron chi connectivity index (χ4n) is 2.83. The third-order valence-corrected chi connectivity index (χ3v) is 4.32. The van der Waals surface area contributed by atoms with Crippen LogP contribution in [0.2, 0.25) is 0 Å². The van der Waals surface area contributed by atoms with E-state index in [9.17, 15) is 4.79 Å². The van der Waals surface area contributed by atoms with Crippen LogP contribution in [0.4, 0.5) is 0 Å². The average molecular weight is 287 g/mol. The number of piperazine rings is 1. The average Bonchev–Trinajstić information content (AvgIpc) is 3.33. The van der Waals surface area contributed by atoms with Gasteiger partial charge in [0.15, 0.2) is 0 Å². The number of nitrogens with zero attached hydrogens (tertiary/aromatic N) is 2. The molecular formula is C17H25N3O. The fourth-order valence-corrected chi connectivity index (χ4v) is 2.83. The molecule has 1 N–H and O–H groups in total. The molecule has 2 aliphatic rings. The van der Waals surface area contributed by atoms with Gasteiger partial charge in [0.05, 0.1) is 0 Å². The van der Waals surface area contributed by atoms with Gasteiger partial charge in [0.2, 0.25) is 5.91 Å². The van der Waals surface area contributed by atoms with Crippen LogP contribution in [0.5, 0.6) is 0 Å². The molecule has 1 aliphatic heterocycles. The first-order valence-electron chi connectivity index (χ1n) is 8.09. The van der Waals surface area contributed by atoms with Gasteiger partial charge in [0.25, 0.3) is 0 Å². The van der Waals surface area contributed by atoms with Crippen LogP contribution >= 0.6 is 0 Å². The third-order valence-electron chi connectivity index (χ3n) is 4.32. The molecule has 0 bridgehead atoms. The second-order valence-electron chi connectivity index (χ2n) is 6.12. The van der Waals surface area contributed by atoms with E-state index in [0.717, 1.165) is 39.3 Å². The Morgan fingerprint density at radius 1 is 1.10 bits per heavy atom. The van der Waals surface area contributed by atoms with Gasteiger partial charge in [-0.15, -0.1) is 0 Å². The van der Waals surface area contributed by atoms with Crippen molar-refractivity contribution in [1.29, 1.82) is 0 Å². The number of amides is 1. The summed E-state index contributed by atoms with van der Waals surface area (Å²) >= 11 is 0. The highest BCUT2D eigenvalue weighted by atomic mass is 16.2. The van der Waals surface area contributed by atoms with E-state index >= 15 is 0 Å². The van der Waals surface area contributed by atoms with Gasteiger partial charge in [0, 0.05) is 51.7 Å². The third kappa shape index (κ3) is 4.55. The van der Waals surface area contributed by atoms with Gasteiger partial charge in [-0.3, -0.25) is 9.69 Å². The Morgan fingerprint density at radius 3 is 2.48 bits per heavy atom. The number of nitrogens with one attached hydrogen (secondary N) is 1. The summed E-state index contributed by atoms with van der Waals surface area (Å²) < 4.78 is 0. The standard InChI is InChI=1S/C17H25N3O/c21-17(8-9-18-16-6-7-16)20-12-10-19(11-13-20)14-15-4-2-1-3-5-15/h1-5,16,18H,6-14H2. The van der Waals surface area contributed by atoms with Crippen molar-refractivity contribution in [3.05, 3.63) is 35.9 Å². The number of hydrogen-bond donors (Lipinski definition) is 1. The van der Waals surface area contributed by atoms with E-state index in [1.165, 1.54) is 18.4 Å². The Labute approximate surface area is 127 Å². The zero-order valence-corrected chi connectivity index (χ0v) is 12.6. The SMILES string of the molecule is O=C(CCNC1CC1)N1CCN(Cc2ccccc2)CC1. The molecule has 1 aromatic rings. The predicted molar refractivity (Wildman–Crippen MR) is 83.9 cm³/mol. The Kier molecular flexibility index (Phi) is 4.88. The van der Waals surface area contributed by atoms with Crippen molar-refractivity contribution in [2.75, 3.05) is 32.7 Å². The van der Waals surface area contributed by atoms with Crippen molar-refractivity contribution in [3.8, 4) is 0 Å². The number of hydrogen-bond acceptors (Lipinski definition) is 3. The molecule has 1 saturated carbocycles. The molecule has 0 radical (unpaired) electrons. The fraction of sp³-hybridized carbons (Fsp3) is 0.588. The van der Waals surface area contributed by atoms with Gasteiger partial charge in [-0.25, -0.2) is 0 Å². The molecule has 0 unspecified atom stereocenters. The molecule has 114 valence electrons. The largest absolute Gasteiger partial charge is 0.340 e. The minimum Gasteiger partial charge on any atom is -0.340 e. The van der Waals surface area contributed by atoms with Crippen LogP contribution in [0.15, 0.2) is 30.3 Å². The minimum atomic E-state index is 0.308. The monoisotopic (exact) mass is 287 g/mol. The zero-order chi connectivity index (χ0) is 14.5. The van der Waals surface area contributed by atoms with Crippen LogP contribution in [0, 0.1) is 0 Å².